The molecule has 1 aromatic heterocycles. The number of rotatable bonds is 4. The van der Waals surface area contributed by atoms with Crippen LogP contribution in [-0.2, 0) is 4.79 Å². The van der Waals surface area contributed by atoms with Gasteiger partial charge in [-0.15, -0.1) is 0 Å². The van der Waals surface area contributed by atoms with E-state index in [0.717, 1.165) is 17.9 Å². The molecule has 1 amide bonds. The van der Waals surface area contributed by atoms with E-state index in [0.29, 0.717) is 22.5 Å². The maximum Gasteiger partial charge on any atom is 0.283 e. The summed E-state index contributed by atoms with van der Waals surface area (Å²) in [6, 6.07) is 7.72. The van der Waals surface area contributed by atoms with Crippen molar-refractivity contribution in [2.75, 3.05) is 0 Å². The molecule has 3 aliphatic rings. The maximum atomic E-state index is 12.8. The molecule has 5 rings (SSSR count). The van der Waals surface area contributed by atoms with Crippen molar-refractivity contribution in [2.45, 2.75) is 32.1 Å². The lowest BCUT2D eigenvalue weighted by Crippen LogP contribution is -2.35. The number of hydrogen-bond acceptors (Lipinski definition) is 6. The lowest BCUT2D eigenvalue weighted by molar-refractivity contribution is -0.384. The number of fused-ring (bicyclic) bond motifs is 1. The largest absolute Gasteiger partial charge is 0.316 e. The van der Waals surface area contributed by atoms with E-state index in [4.69, 9.17) is 17.0 Å². The van der Waals surface area contributed by atoms with Gasteiger partial charge in [-0.3, -0.25) is 20.3 Å². The summed E-state index contributed by atoms with van der Waals surface area (Å²) < 4.78 is 1.70. The molecule has 11 heteroatoms. The minimum atomic E-state index is -0.512. The van der Waals surface area contributed by atoms with Gasteiger partial charge < -0.3 is 4.57 Å². The lowest BCUT2D eigenvalue weighted by Gasteiger charge is -2.20. The van der Waals surface area contributed by atoms with Crippen LogP contribution in [0.4, 0.5) is 5.69 Å². The van der Waals surface area contributed by atoms with Gasteiger partial charge in [-0.25, -0.2) is 0 Å². The van der Waals surface area contributed by atoms with Crippen LogP contribution >= 0.6 is 23.4 Å². The van der Waals surface area contributed by atoms with Crippen LogP contribution in [-0.4, -0.2) is 36.5 Å². The van der Waals surface area contributed by atoms with E-state index in [1.807, 2.05) is 0 Å². The summed E-state index contributed by atoms with van der Waals surface area (Å²) in [5.74, 6) is -0.166. The third-order valence-corrected chi connectivity index (χ3v) is 7.27. The number of thioether (sulfide) groups is 1. The van der Waals surface area contributed by atoms with E-state index in [1.165, 1.54) is 48.2 Å². The highest BCUT2D eigenvalue weighted by molar-refractivity contribution is 8.27. The number of amides is 1. The maximum absolute atomic E-state index is 12.8. The van der Waals surface area contributed by atoms with Crippen molar-refractivity contribution >= 4 is 57.1 Å². The highest BCUT2D eigenvalue weighted by Crippen LogP contribution is 2.36. The van der Waals surface area contributed by atoms with Crippen LogP contribution in [0.15, 0.2) is 52.2 Å². The Kier molecular flexibility index (Phi) is 5.63. The molecule has 168 valence electrons. The number of carbonyl (C=O) groups excluding carboxylic acids is 1. The van der Waals surface area contributed by atoms with Crippen molar-refractivity contribution in [2.24, 2.45) is 16.0 Å². The van der Waals surface area contributed by atoms with Crippen LogP contribution in [0.5, 0.6) is 0 Å². The van der Waals surface area contributed by atoms with Gasteiger partial charge in [-0.2, -0.15) is 15.1 Å². The fourth-order valence-electron chi connectivity index (χ4n) is 4.21. The highest BCUT2D eigenvalue weighted by Gasteiger charge is 2.38. The highest BCUT2D eigenvalue weighted by atomic mass is 35.5. The molecule has 1 N–H and O–H groups in total. The molecule has 0 bridgehead atoms. The zero-order chi connectivity index (χ0) is 23.1. The zero-order valence-electron chi connectivity index (χ0n) is 17.4. The molecule has 2 aliphatic heterocycles. The van der Waals surface area contributed by atoms with Gasteiger partial charge in [0, 0.05) is 29.9 Å². The number of aromatic nitrogens is 1. The molecule has 1 aromatic carbocycles. The number of hydrazone groups is 1. The number of halogens is 1. The number of carbonyl (C=O) groups is 1. The molecule has 1 fully saturated rings. The first-order chi connectivity index (χ1) is 15.9. The molecule has 2 aromatic rings. The zero-order valence-corrected chi connectivity index (χ0v) is 19.0. The average Bonchev–Trinajstić information content (AvgIpc) is 3.44. The number of aliphatic imine (C=N–C) groups is 1. The smallest absolute Gasteiger partial charge is 0.283 e. The number of nitro benzene ring substituents is 1. The third kappa shape index (κ3) is 4.00. The van der Waals surface area contributed by atoms with Crippen molar-refractivity contribution in [1.29, 1.82) is 5.41 Å². The first-order valence-electron chi connectivity index (χ1n) is 10.5. The molecule has 0 unspecified atom stereocenters. The summed E-state index contributed by atoms with van der Waals surface area (Å²) in [5.41, 5.74) is 1.11. The standard InChI is InChI=1S/C22H19ClN6O3S/c23-17-12-15(29(31)32)8-9-18(17)27-10-4-7-14(27)11-16-19(24)28-22(25-20(16)30)33-21(26-28)13-5-2-1-3-6-13/h4,7-13,24H,1-3,5-6H2/b16-11+,24-19?. The Morgan fingerprint density at radius 3 is 2.76 bits per heavy atom. The molecule has 0 radical (unpaired) electrons. The van der Waals surface area contributed by atoms with Crippen LogP contribution in [0, 0.1) is 21.4 Å². The second kappa shape index (κ2) is 8.60. The Labute approximate surface area is 198 Å². The summed E-state index contributed by atoms with van der Waals surface area (Å²) in [7, 11) is 0. The van der Waals surface area contributed by atoms with Crippen molar-refractivity contribution < 1.29 is 9.72 Å². The number of nitrogens with zero attached hydrogens (tertiary/aromatic N) is 5. The third-order valence-electron chi connectivity index (χ3n) is 5.90. The molecular weight excluding hydrogens is 464 g/mol. The second-order valence-electron chi connectivity index (χ2n) is 7.99. The number of amidine groups is 2. The lowest BCUT2D eigenvalue weighted by atomic mass is 9.90. The van der Waals surface area contributed by atoms with E-state index in [-0.39, 0.29) is 22.1 Å². The quantitative estimate of drug-likeness (QED) is 0.363. The average molecular weight is 483 g/mol. The molecule has 9 nitrogen and oxygen atoms in total. The van der Waals surface area contributed by atoms with E-state index >= 15 is 0 Å². The topological polar surface area (TPSA) is 117 Å². The summed E-state index contributed by atoms with van der Waals surface area (Å²) in [6.07, 6.45) is 9.01. The van der Waals surface area contributed by atoms with Crippen molar-refractivity contribution in [3.8, 4) is 5.69 Å². The summed E-state index contributed by atoms with van der Waals surface area (Å²) in [6.45, 7) is 0. The minimum Gasteiger partial charge on any atom is -0.316 e. The first-order valence-corrected chi connectivity index (χ1v) is 11.7. The summed E-state index contributed by atoms with van der Waals surface area (Å²) >= 11 is 7.68. The van der Waals surface area contributed by atoms with Crippen molar-refractivity contribution in [3.63, 3.8) is 0 Å². The predicted molar refractivity (Wildman–Crippen MR) is 129 cm³/mol. The van der Waals surface area contributed by atoms with Crippen LogP contribution < -0.4 is 0 Å². The Balaban J connectivity index is 1.46. The molecule has 0 saturated heterocycles. The first kappa shape index (κ1) is 21.6. The predicted octanol–water partition coefficient (Wildman–Crippen LogP) is 5.24. The second-order valence-corrected chi connectivity index (χ2v) is 9.38. The van der Waals surface area contributed by atoms with Gasteiger partial charge >= 0.3 is 0 Å². The van der Waals surface area contributed by atoms with Crippen molar-refractivity contribution in [3.05, 3.63) is 62.9 Å². The Bertz CT molecular complexity index is 1270. The van der Waals surface area contributed by atoms with Crippen LogP contribution in [0.25, 0.3) is 11.8 Å². The molecule has 3 heterocycles. The number of hydrogen-bond donors (Lipinski definition) is 1. The fourth-order valence-corrected chi connectivity index (χ4v) is 5.53. The number of non-ortho nitro benzene ring substituents is 1. The van der Waals surface area contributed by atoms with Gasteiger partial charge in [-0.05, 0) is 48.9 Å². The van der Waals surface area contributed by atoms with Gasteiger partial charge in [-0.1, -0.05) is 30.9 Å². The van der Waals surface area contributed by atoms with Gasteiger partial charge in [0.05, 0.1) is 21.2 Å². The Hall–Kier alpha value is -3.24. The normalized spacial score (nSPS) is 20.2. The van der Waals surface area contributed by atoms with E-state index < -0.39 is 10.8 Å². The van der Waals surface area contributed by atoms with E-state index in [2.05, 4.69) is 10.1 Å². The Morgan fingerprint density at radius 1 is 1.24 bits per heavy atom. The van der Waals surface area contributed by atoms with E-state index in [9.17, 15) is 14.9 Å². The number of benzene rings is 1. The van der Waals surface area contributed by atoms with E-state index in [1.54, 1.807) is 35.0 Å². The van der Waals surface area contributed by atoms with Gasteiger partial charge in [0.15, 0.2) is 5.84 Å². The van der Waals surface area contributed by atoms with Gasteiger partial charge in [0.2, 0.25) is 5.17 Å². The van der Waals surface area contributed by atoms with Crippen LogP contribution in [0.3, 0.4) is 0 Å². The molecule has 0 spiro atoms. The molecule has 33 heavy (non-hydrogen) atoms. The molecule has 1 aliphatic carbocycles. The fraction of sp³-hybridized carbons (Fsp3) is 0.273. The summed E-state index contributed by atoms with van der Waals surface area (Å²) in [4.78, 5) is 27.5. The number of nitrogens with one attached hydrogen (secondary N) is 1. The minimum absolute atomic E-state index is 0.0224. The van der Waals surface area contributed by atoms with Crippen LogP contribution in [0.1, 0.15) is 37.8 Å². The molecular formula is C22H19ClN6O3S. The molecule has 0 atom stereocenters. The van der Waals surface area contributed by atoms with Gasteiger partial charge in [0.25, 0.3) is 11.6 Å². The SMILES string of the molecule is N=C1/C(=C\c2cccn2-c2ccc([N+](=O)[O-])cc2Cl)C(=O)N=C2SC(C3CCCCC3)=NN12. The molecule has 1 saturated carbocycles. The monoisotopic (exact) mass is 482 g/mol. The summed E-state index contributed by atoms with van der Waals surface area (Å²) in [5, 5.41) is 27.2. The Morgan fingerprint density at radius 2 is 2.03 bits per heavy atom. The van der Waals surface area contributed by atoms with Crippen molar-refractivity contribution in [1.82, 2.24) is 9.58 Å². The number of nitro groups is 1. The van der Waals surface area contributed by atoms with Gasteiger partial charge in [0.1, 0.15) is 5.04 Å². The van der Waals surface area contributed by atoms with Crippen LogP contribution in [0.2, 0.25) is 5.02 Å².